The Balaban J connectivity index is 1.91. The highest BCUT2D eigenvalue weighted by Crippen LogP contribution is 2.23. The summed E-state index contributed by atoms with van der Waals surface area (Å²) < 4.78 is 28.8. The molecule has 0 radical (unpaired) electrons. The SMILES string of the molecule is CCCNC(=O)C[NH+](C)CN1C(=O)N[C@@](C)(CCc2ccc(OC(F)F)cc2)C1=O. The lowest BCUT2D eigenvalue weighted by atomic mass is 9.93. The van der Waals surface area contributed by atoms with Crippen molar-refractivity contribution in [1.29, 1.82) is 0 Å². The van der Waals surface area contributed by atoms with Crippen molar-refractivity contribution in [1.82, 2.24) is 15.5 Å². The summed E-state index contributed by atoms with van der Waals surface area (Å²) in [5, 5.41) is 5.50. The predicted octanol–water partition coefficient (Wildman–Crippen LogP) is 0.530. The second-order valence-corrected chi connectivity index (χ2v) is 7.66. The lowest BCUT2D eigenvalue weighted by Crippen LogP contribution is -3.12. The first-order valence-corrected chi connectivity index (χ1v) is 9.90. The van der Waals surface area contributed by atoms with E-state index in [1.165, 1.54) is 12.1 Å². The average molecular weight is 427 g/mol. The van der Waals surface area contributed by atoms with E-state index in [1.54, 1.807) is 26.1 Å². The van der Waals surface area contributed by atoms with E-state index in [0.717, 1.165) is 16.9 Å². The molecule has 1 aliphatic rings. The van der Waals surface area contributed by atoms with Gasteiger partial charge >= 0.3 is 12.6 Å². The minimum Gasteiger partial charge on any atom is -0.435 e. The van der Waals surface area contributed by atoms with Crippen LogP contribution in [0.25, 0.3) is 0 Å². The van der Waals surface area contributed by atoms with Gasteiger partial charge in [-0.3, -0.25) is 9.59 Å². The fourth-order valence-electron chi connectivity index (χ4n) is 3.22. The summed E-state index contributed by atoms with van der Waals surface area (Å²) in [6.07, 6.45) is 1.64. The maximum atomic E-state index is 12.9. The molecule has 166 valence electrons. The van der Waals surface area contributed by atoms with Crippen LogP contribution in [0.5, 0.6) is 5.75 Å². The van der Waals surface area contributed by atoms with Gasteiger partial charge in [0.15, 0.2) is 13.2 Å². The molecule has 30 heavy (non-hydrogen) atoms. The molecular formula is C20H29F2N4O4+. The number of benzene rings is 1. The van der Waals surface area contributed by atoms with Crippen molar-refractivity contribution in [3.63, 3.8) is 0 Å². The Morgan fingerprint density at radius 1 is 1.30 bits per heavy atom. The molecule has 0 saturated carbocycles. The van der Waals surface area contributed by atoms with Crippen molar-refractivity contribution in [3.8, 4) is 5.75 Å². The van der Waals surface area contributed by atoms with Crippen molar-refractivity contribution in [2.75, 3.05) is 26.8 Å². The fourth-order valence-corrected chi connectivity index (χ4v) is 3.22. The molecule has 4 amide bonds. The summed E-state index contributed by atoms with van der Waals surface area (Å²) in [6, 6.07) is 5.68. The van der Waals surface area contributed by atoms with E-state index in [1.807, 2.05) is 6.92 Å². The summed E-state index contributed by atoms with van der Waals surface area (Å²) in [4.78, 5) is 38.9. The number of alkyl halides is 2. The molecule has 3 N–H and O–H groups in total. The quantitative estimate of drug-likeness (QED) is 0.449. The molecule has 1 unspecified atom stereocenters. The van der Waals surface area contributed by atoms with Crippen LogP contribution in [0.2, 0.25) is 0 Å². The van der Waals surface area contributed by atoms with Crippen molar-refractivity contribution in [3.05, 3.63) is 29.8 Å². The van der Waals surface area contributed by atoms with E-state index in [0.29, 0.717) is 24.3 Å². The van der Waals surface area contributed by atoms with Crippen LogP contribution in [0.3, 0.4) is 0 Å². The van der Waals surface area contributed by atoms with E-state index in [2.05, 4.69) is 15.4 Å². The van der Waals surface area contributed by atoms with Crippen LogP contribution in [-0.4, -0.2) is 61.7 Å². The molecule has 1 heterocycles. The lowest BCUT2D eigenvalue weighted by Gasteiger charge is -2.23. The number of hydrogen-bond acceptors (Lipinski definition) is 4. The maximum Gasteiger partial charge on any atom is 0.387 e. The van der Waals surface area contributed by atoms with Crippen LogP contribution in [-0.2, 0) is 16.0 Å². The number of likely N-dealkylation sites (N-methyl/N-ethyl adjacent to an activating group) is 1. The Kier molecular flexibility index (Phi) is 8.10. The molecule has 0 aromatic heterocycles. The van der Waals surface area contributed by atoms with E-state index in [4.69, 9.17) is 0 Å². The predicted molar refractivity (Wildman–Crippen MR) is 105 cm³/mol. The number of amides is 4. The number of aryl methyl sites for hydroxylation is 1. The van der Waals surface area contributed by atoms with Gasteiger partial charge in [0.1, 0.15) is 11.3 Å². The van der Waals surface area contributed by atoms with Gasteiger partial charge in [0.05, 0.1) is 7.05 Å². The second-order valence-electron chi connectivity index (χ2n) is 7.66. The normalized spacial score (nSPS) is 19.7. The van der Waals surface area contributed by atoms with Gasteiger partial charge in [-0.05, 0) is 43.9 Å². The summed E-state index contributed by atoms with van der Waals surface area (Å²) >= 11 is 0. The van der Waals surface area contributed by atoms with Gasteiger partial charge < -0.3 is 20.3 Å². The topological polar surface area (TPSA) is 92.2 Å². The zero-order valence-corrected chi connectivity index (χ0v) is 17.5. The van der Waals surface area contributed by atoms with E-state index in [9.17, 15) is 23.2 Å². The Hall–Kier alpha value is -2.75. The Morgan fingerprint density at radius 3 is 2.57 bits per heavy atom. The molecule has 10 heteroatoms. The highest BCUT2D eigenvalue weighted by molar-refractivity contribution is 6.06. The maximum absolute atomic E-state index is 12.9. The van der Waals surface area contributed by atoms with Crippen molar-refractivity contribution >= 4 is 17.8 Å². The molecule has 0 spiro atoms. The summed E-state index contributed by atoms with van der Waals surface area (Å²) in [5.41, 5.74) is -0.242. The number of nitrogens with zero attached hydrogens (tertiary/aromatic N) is 1. The standard InChI is InChI=1S/C20H28F2N4O4/c1-4-11-23-16(27)12-25(3)13-26-17(28)20(2,24-19(26)29)10-9-14-5-7-15(8-6-14)30-18(21)22/h5-8,18H,4,9-13H2,1-3H3,(H,23,27)(H,24,29)/p+1/t20-/m0/s1. The third-order valence-electron chi connectivity index (χ3n) is 4.87. The lowest BCUT2D eigenvalue weighted by molar-refractivity contribution is -0.879. The van der Waals surface area contributed by atoms with Crippen LogP contribution in [0.15, 0.2) is 24.3 Å². The fraction of sp³-hybridized carbons (Fsp3) is 0.550. The summed E-state index contributed by atoms with van der Waals surface area (Å²) in [7, 11) is 1.74. The van der Waals surface area contributed by atoms with Crippen molar-refractivity contribution in [2.24, 2.45) is 0 Å². The molecule has 1 aromatic carbocycles. The molecule has 1 saturated heterocycles. The number of urea groups is 1. The molecule has 1 aromatic rings. The number of imide groups is 1. The smallest absolute Gasteiger partial charge is 0.387 e. The van der Waals surface area contributed by atoms with Gasteiger partial charge in [-0.1, -0.05) is 19.1 Å². The number of carbonyl (C=O) groups excluding carboxylic acids is 3. The third-order valence-corrected chi connectivity index (χ3v) is 4.87. The first kappa shape index (κ1) is 23.5. The highest BCUT2D eigenvalue weighted by atomic mass is 19.3. The van der Waals surface area contributed by atoms with E-state index < -0.39 is 18.2 Å². The number of nitrogens with one attached hydrogen (secondary N) is 3. The number of quaternary nitrogens is 1. The van der Waals surface area contributed by atoms with Crippen LogP contribution < -0.4 is 20.3 Å². The monoisotopic (exact) mass is 427 g/mol. The van der Waals surface area contributed by atoms with Gasteiger partial charge in [0.2, 0.25) is 0 Å². The average Bonchev–Trinajstić information content (AvgIpc) is 2.89. The zero-order chi connectivity index (χ0) is 22.3. The first-order chi connectivity index (χ1) is 14.1. The molecular weight excluding hydrogens is 398 g/mol. The molecule has 1 fully saturated rings. The van der Waals surface area contributed by atoms with Gasteiger partial charge in [-0.25, -0.2) is 9.69 Å². The van der Waals surface area contributed by atoms with Crippen LogP contribution in [0.1, 0.15) is 32.3 Å². The number of carbonyl (C=O) groups is 3. The minimum atomic E-state index is -2.88. The summed E-state index contributed by atoms with van der Waals surface area (Å²) in [6.45, 7) is 1.55. The Labute approximate surface area is 174 Å². The number of rotatable bonds is 11. The van der Waals surface area contributed by atoms with Gasteiger partial charge in [0.25, 0.3) is 11.8 Å². The third kappa shape index (κ3) is 6.38. The van der Waals surface area contributed by atoms with Crippen LogP contribution >= 0.6 is 0 Å². The summed E-state index contributed by atoms with van der Waals surface area (Å²) in [5.74, 6) is -0.424. The number of ether oxygens (including phenoxy) is 1. The molecule has 2 atom stereocenters. The molecule has 0 aliphatic carbocycles. The van der Waals surface area contributed by atoms with Crippen molar-refractivity contribution < 1.29 is 32.8 Å². The first-order valence-electron chi connectivity index (χ1n) is 9.90. The van der Waals surface area contributed by atoms with Gasteiger partial charge in [0, 0.05) is 6.54 Å². The minimum absolute atomic E-state index is 0.0605. The van der Waals surface area contributed by atoms with Crippen molar-refractivity contribution in [2.45, 2.75) is 45.3 Å². The molecule has 2 rings (SSSR count). The number of halogens is 2. The Bertz CT molecular complexity index is 760. The zero-order valence-electron chi connectivity index (χ0n) is 17.5. The van der Waals surface area contributed by atoms with E-state index in [-0.39, 0.29) is 30.8 Å². The number of hydrogen-bond donors (Lipinski definition) is 3. The second kappa shape index (κ2) is 10.3. The Morgan fingerprint density at radius 2 is 1.97 bits per heavy atom. The largest absolute Gasteiger partial charge is 0.435 e. The van der Waals surface area contributed by atoms with Gasteiger partial charge in [-0.2, -0.15) is 8.78 Å². The van der Waals surface area contributed by atoms with Crippen LogP contribution in [0.4, 0.5) is 13.6 Å². The van der Waals surface area contributed by atoms with Crippen LogP contribution in [0, 0.1) is 0 Å². The molecule has 0 bridgehead atoms. The highest BCUT2D eigenvalue weighted by Gasteiger charge is 2.48. The molecule has 8 nitrogen and oxygen atoms in total. The van der Waals surface area contributed by atoms with E-state index >= 15 is 0 Å². The molecule has 1 aliphatic heterocycles. The van der Waals surface area contributed by atoms with Gasteiger partial charge in [-0.15, -0.1) is 0 Å².